The number of hydrogen-bond donors (Lipinski definition) is 1. The number of nitrogens with one attached hydrogen (secondary N) is 1. The van der Waals surface area contributed by atoms with Crippen molar-refractivity contribution >= 4 is 27.4 Å². The number of hydrogen-bond acceptors (Lipinski definition) is 8. The van der Waals surface area contributed by atoms with Gasteiger partial charge in [0, 0.05) is 19.1 Å². The zero-order chi connectivity index (χ0) is 19.0. The summed E-state index contributed by atoms with van der Waals surface area (Å²) in [6, 6.07) is -0.0919. The van der Waals surface area contributed by atoms with Gasteiger partial charge in [0.15, 0.2) is 5.82 Å². The minimum absolute atomic E-state index is 0.0919. The number of anilines is 1. The lowest BCUT2D eigenvalue weighted by Crippen LogP contribution is -2.28. The summed E-state index contributed by atoms with van der Waals surface area (Å²) < 4.78 is 11.2. The highest BCUT2D eigenvalue weighted by atomic mass is 32.1. The molecule has 4 heterocycles. The number of fused-ring (bicyclic) bond motifs is 1. The maximum Gasteiger partial charge on any atom is 0.249 e. The molecule has 0 aromatic carbocycles. The molecule has 3 aromatic heterocycles. The van der Waals surface area contributed by atoms with Gasteiger partial charge in [-0.3, -0.25) is 0 Å². The van der Waals surface area contributed by atoms with E-state index in [0.717, 1.165) is 53.7 Å². The second-order valence-electron chi connectivity index (χ2n) is 7.44. The molecule has 0 bridgehead atoms. The average Bonchev–Trinajstić information content (AvgIpc) is 3.28. The molecule has 1 saturated heterocycles. The van der Waals surface area contributed by atoms with Gasteiger partial charge in [0.05, 0.1) is 5.39 Å². The van der Waals surface area contributed by atoms with E-state index in [4.69, 9.17) is 14.2 Å². The first-order valence-electron chi connectivity index (χ1n) is 9.43. The summed E-state index contributed by atoms with van der Waals surface area (Å²) in [5, 5.41) is 11.0. The summed E-state index contributed by atoms with van der Waals surface area (Å²) in [5.41, 5.74) is 1.18. The quantitative estimate of drug-likeness (QED) is 0.694. The van der Waals surface area contributed by atoms with Gasteiger partial charge in [-0.2, -0.15) is 4.98 Å². The Kier molecular flexibility index (Phi) is 5.10. The van der Waals surface area contributed by atoms with Gasteiger partial charge < -0.3 is 14.6 Å². The predicted octanol–water partition coefficient (Wildman–Crippen LogP) is 4.39. The van der Waals surface area contributed by atoms with Crippen molar-refractivity contribution in [3.05, 3.63) is 28.5 Å². The van der Waals surface area contributed by atoms with Crippen LogP contribution in [0.4, 0.5) is 5.82 Å². The third-order valence-electron chi connectivity index (χ3n) is 5.00. The van der Waals surface area contributed by atoms with E-state index in [1.165, 1.54) is 5.56 Å². The predicted molar refractivity (Wildman–Crippen MR) is 105 cm³/mol. The topological polar surface area (TPSA) is 86.0 Å². The molecule has 3 aromatic rings. The van der Waals surface area contributed by atoms with E-state index < -0.39 is 0 Å². The SMILES string of the molecule is Cc1nc(NC(c2nc(C(C)C)no2)C2CCOCC2)c2c(C)csc2n1. The molecule has 8 heteroatoms. The van der Waals surface area contributed by atoms with Gasteiger partial charge in [0.1, 0.15) is 22.5 Å². The molecular formula is C19H25N5O2S. The smallest absolute Gasteiger partial charge is 0.249 e. The fraction of sp³-hybridized carbons (Fsp3) is 0.579. The molecule has 144 valence electrons. The lowest BCUT2D eigenvalue weighted by atomic mass is 9.91. The largest absolute Gasteiger partial charge is 0.381 e. The standard InChI is InChI=1S/C19H25N5O2S/c1-10(2)16-23-18(26-24-16)15(13-5-7-25-8-6-13)22-17-14-11(3)9-27-19(14)21-12(4)20-17/h9-10,13,15H,5-8H2,1-4H3,(H,20,21,22). The first-order valence-corrected chi connectivity index (χ1v) is 10.3. The molecule has 0 amide bonds. The number of nitrogens with zero attached hydrogens (tertiary/aromatic N) is 4. The molecule has 1 unspecified atom stereocenters. The monoisotopic (exact) mass is 387 g/mol. The second kappa shape index (κ2) is 7.52. The number of rotatable bonds is 5. The molecule has 0 aliphatic carbocycles. The Labute approximate surface area is 162 Å². The van der Waals surface area contributed by atoms with Crippen molar-refractivity contribution in [2.45, 2.75) is 52.5 Å². The molecule has 0 saturated carbocycles. The maximum atomic E-state index is 5.66. The molecule has 0 spiro atoms. The van der Waals surface area contributed by atoms with Crippen LogP contribution in [0.1, 0.15) is 61.8 Å². The highest BCUT2D eigenvalue weighted by Gasteiger charge is 2.31. The molecule has 1 N–H and O–H groups in total. The zero-order valence-electron chi connectivity index (χ0n) is 16.2. The summed E-state index contributed by atoms with van der Waals surface area (Å²) in [5.74, 6) is 3.54. The number of aromatic nitrogens is 4. The number of ether oxygens (including phenoxy) is 1. The average molecular weight is 388 g/mol. The highest BCUT2D eigenvalue weighted by Crippen LogP contribution is 2.36. The van der Waals surface area contributed by atoms with E-state index in [9.17, 15) is 0 Å². The van der Waals surface area contributed by atoms with Crippen molar-refractivity contribution in [1.82, 2.24) is 20.1 Å². The van der Waals surface area contributed by atoms with E-state index in [-0.39, 0.29) is 12.0 Å². The molecule has 4 rings (SSSR count). The summed E-state index contributed by atoms with van der Waals surface area (Å²) in [6.07, 6.45) is 1.90. The van der Waals surface area contributed by atoms with E-state index in [1.54, 1.807) is 11.3 Å². The van der Waals surface area contributed by atoms with E-state index in [2.05, 4.69) is 46.6 Å². The Bertz CT molecular complexity index is 929. The second-order valence-corrected chi connectivity index (χ2v) is 8.29. The summed E-state index contributed by atoms with van der Waals surface area (Å²) >= 11 is 1.65. The highest BCUT2D eigenvalue weighted by molar-refractivity contribution is 7.17. The van der Waals surface area contributed by atoms with Gasteiger partial charge in [-0.1, -0.05) is 19.0 Å². The fourth-order valence-electron chi connectivity index (χ4n) is 3.48. The van der Waals surface area contributed by atoms with Crippen LogP contribution in [0.3, 0.4) is 0 Å². The Morgan fingerprint density at radius 1 is 1.15 bits per heavy atom. The summed E-state index contributed by atoms with van der Waals surface area (Å²) in [7, 11) is 0. The van der Waals surface area contributed by atoms with Crippen molar-refractivity contribution in [2.24, 2.45) is 5.92 Å². The molecule has 1 atom stereocenters. The lowest BCUT2D eigenvalue weighted by Gasteiger charge is -2.29. The van der Waals surface area contributed by atoms with Crippen LogP contribution in [0.25, 0.3) is 10.2 Å². The molecule has 0 radical (unpaired) electrons. The van der Waals surface area contributed by atoms with Gasteiger partial charge in [0.25, 0.3) is 0 Å². The third-order valence-corrected chi connectivity index (χ3v) is 5.99. The van der Waals surface area contributed by atoms with Crippen molar-refractivity contribution in [2.75, 3.05) is 18.5 Å². The summed E-state index contributed by atoms with van der Waals surface area (Å²) in [6.45, 7) is 9.66. The van der Waals surface area contributed by atoms with Gasteiger partial charge in [0.2, 0.25) is 5.89 Å². The van der Waals surface area contributed by atoms with Gasteiger partial charge in [-0.05, 0) is 43.6 Å². The van der Waals surface area contributed by atoms with Crippen molar-refractivity contribution in [3.8, 4) is 0 Å². The van der Waals surface area contributed by atoms with Crippen LogP contribution in [-0.4, -0.2) is 33.3 Å². The van der Waals surface area contributed by atoms with E-state index in [1.807, 2.05) is 6.92 Å². The van der Waals surface area contributed by atoms with Crippen LogP contribution < -0.4 is 5.32 Å². The van der Waals surface area contributed by atoms with Crippen molar-refractivity contribution in [1.29, 1.82) is 0 Å². The molecule has 1 aliphatic heterocycles. The molecular weight excluding hydrogens is 362 g/mol. The molecule has 1 aliphatic rings. The zero-order valence-corrected chi connectivity index (χ0v) is 17.0. The van der Waals surface area contributed by atoms with Crippen LogP contribution in [0, 0.1) is 19.8 Å². The van der Waals surface area contributed by atoms with Crippen LogP contribution in [0.2, 0.25) is 0 Å². The normalized spacial score (nSPS) is 16.9. The Morgan fingerprint density at radius 3 is 2.63 bits per heavy atom. The van der Waals surface area contributed by atoms with E-state index in [0.29, 0.717) is 11.8 Å². The van der Waals surface area contributed by atoms with Crippen molar-refractivity contribution < 1.29 is 9.26 Å². The van der Waals surface area contributed by atoms with Crippen LogP contribution in [0.5, 0.6) is 0 Å². The third kappa shape index (κ3) is 3.68. The summed E-state index contributed by atoms with van der Waals surface area (Å²) in [4.78, 5) is 14.9. The lowest BCUT2D eigenvalue weighted by molar-refractivity contribution is 0.0571. The fourth-order valence-corrected chi connectivity index (χ4v) is 4.45. The first-order chi connectivity index (χ1) is 13.0. The Morgan fingerprint density at radius 2 is 1.93 bits per heavy atom. The van der Waals surface area contributed by atoms with Gasteiger partial charge >= 0.3 is 0 Å². The molecule has 7 nitrogen and oxygen atoms in total. The van der Waals surface area contributed by atoms with Gasteiger partial charge in [-0.25, -0.2) is 9.97 Å². The first kappa shape index (κ1) is 18.3. The minimum Gasteiger partial charge on any atom is -0.381 e. The van der Waals surface area contributed by atoms with Crippen LogP contribution in [-0.2, 0) is 4.74 Å². The number of thiophene rings is 1. The van der Waals surface area contributed by atoms with Crippen LogP contribution >= 0.6 is 11.3 Å². The maximum absolute atomic E-state index is 5.66. The molecule has 27 heavy (non-hydrogen) atoms. The van der Waals surface area contributed by atoms with E-state index >= 15 is 0 Å². The number of aryl methyl sites for hydroxylation is 2. The minimum atomic E-state index is -0.0919. The Hall–Kier alpha value is -2.06. The van der Waals surface area contributed by atoms with Crippen molar-refractivity contribution in [3.63, 3.8) is 0 Å². The molecule has 1 fully saturated rings. The Balaban J connectivity index is 1.73. The van der Waals surface area contributed by atoms with Gasteiger partial charge in [-0.15, -0.1) is 11.3 Å². The van der Waals surface area contributed by atoms with Crippen LogP contribution in [0.15, 0.2) is 9.90 Å².